The average molecular weight is 538 g/mol. The number of anilines is 1. The van der Waals surface area contributed by atoms with Crippen LogP contribution < -0.4 is 14.4 Å². The maximum Gasteiger partial charge on any atom is 0.244 e. The number of aryl methyl sites for hydroxylation is 1. The van der Waals surface area contributed by atoms with Gasteiger partial charge in [-0.05, 0) is 55.2 Å². The number of nitrogens with zero attached hydrogens (tertiary/aromatic N) is 2. The Hall–Kier alpha value is -2.78. The number of methoxy groups -OCH3 is 1. The van der Waals surface area contributed by atoms with Crippen molar-refractivity contribution in [3.63, 3.8) is 0 Å². The van der Waals surface area contributed by atoms with Gasteiger partial charge in [-0.2, -0.15) is 0 Å². The van der Waals surface area contributed by atoms with Crippen molar-refractivity contribution in [2.24, 2.45) is 0 Å². The number of unbranched alkanes of at least 4 members (excludes halogenated alkanes) is 1. The number of hydrogen-bond acceptors (Lipinski definition) is 5. The van der Waals surface area contributed by atoms with E-state index in [-0.39, 0.29) is 18.1 Å². The van der Waals surface area contributed by atoms with Gasteiger partial charge in [-0.15, -0.1) is 0 Å². The molecule has 0 unspecified atom stereocenters. The number of benzene rings is 2. The molecular formula is C26H36ClN3O5S. The summed E-state index contributed by atoms with van der Waals surface area (Å²) in [6, 6.07) is 11.3. The Kier molecular flexibility index (Phi) is 11.0. The third kappa shape index (κ3) is 8.13. The van der Waals surface area contributed by atoms with Crippen molar-refractivity contribution in [3.05, 3.63) is 58.6 Å². The second kappa shape index (κ2) is 13.5. The number of amides is 2. The predicted molar refractivity (Wildman–Crippen MR) is 144 cm³/mol. The Balaban J connectivity index is 2.44. The first kappa shape index (κ1) is 29.5. The van der Waals surface area contributed by atoms with Crippen molar-refractivity contribution < 1.29 is 22.7 Å². The summed E-state index contributed by atoms with van der Waals surface area (Å²) in [6.07, 6.45) is 3.14. The highest BCUT2D eigenvalue weighted by Crippen LogP contribution is 2.26. The standard InChI is InChI=1S/C26H36ClN3O5S/c1-6-8-14-28-26(32)24(7-2)29(17-20-10-9-11-22(15-20)35-4)25(31)18-30(36(5,33)34)21-13-12-19(3)23(27)16-21/h9-13,15-16,24H,6-8,14,17-18H2,1-5H3,(H,28,32)/t24-/m0/s1. The van der Waals surface area contributed by atoms with E-state index in [4.69, 9.17) is 16.3 Å². The fourth-order valence-electron chi connectivity index (χ4n) is 3.74. The molecule has 2 aromatic rings. The van der Waals surface area contributed by atoms with Gasteiger partial charge in [-0.3, -0.25) is 13.9 Å². The highest BCUT2D eigenvalue weighted by molar-refractivity contribution is 7.92. The first-order valence-electron chi connectivity index (χ1n) is 12.0. The third-order valence-electron chi connectivity index (χ3n) is 5.83. The highest BCUT2D eigenvalue weighted by atomic mass is 35.5. The predicted octanol–water partition coefficient (Wildman–Crippen LogP) is 4.15. The molecule has 0 aliphatic heterocycles. The minimum atomic E-state index is -3.82. The van der Waals surface area contributed by atoms with Crippen LogP contribution in [0.4, 0.5) is 5.69 Å². The monoisotopic (exact) mass is 537 g/mol. The molecule has 2 amide bonds. The summed E-state index contributed by atoms with van der Waals surface area (Å²) >= 11 is 6.24. The zero-order valence-corrected chi connectivity index (χ0v) is 23.2. The van der Waals surface area contributed by atoms with E-state index in [1.165, 1.54) is 11.0 Å². The molecule has 0 spiro atoms. The van der Waals surface area contributed by atoms with Crippen molar-refractivity contribution in [2.75, 3.05) is 30.8 Å². The van der Waals surface area contributed by atoms with Crippen LogP contribution in [0.5, 0.6) is 5.75 Å². The van der Waals surface area contributed by atoms with Crippen LogP contribution >= 0.6 is 11.6 Å². The van der Waals surface area contributed by atoms with Gasteiger partial charge in [0, 0.05) is 18.1 Å². The Morgan fingerprint density at radius 3 is 2.44 bits per heavy atom. The molecule has 0 radical (unpaired) electrons. The number of ether oxygens (including phenoxy) is 1. The Bertz CT molecular complexity index is 1160. The van der Waals surface area contributed by atoms with Crippen molar-refractivity contribution in [1.29, 1.82) is 0 Å². The molecule has 10 heteroatoms. The van der Waals surface area contributed by atoms with Crippen LogP contribution in [0.1, 0.15) is 44.2 Å². The Morgan fingerprint density at radius 1 is 1.14 bits per heavy atom. The molecule has 1 atom stereocenters. The zero-order valence-electron chi connectivity index (χ0n) is 21.6. The summed E-state index contributed by atoms with van der Waals surface area (Å²) in [5.74, 6) is -0.156. The van der Waals surface area contributed by atoms with Crippen molar-refractivity contribution in [3.8, 4) is 5.75 Å². The first-order chi connectivity index (χ1) is 17.0. The molecule has 2 rings (SSSR count). The smallest absolute Gasteiger partial charge is 0.244 e. The topological polar surface area (TPSA) is 96.0 Å². The van der Waals surface area contributed by atoms with Gasteiger partial charge in [0.1, 0.15) is 18.3 Å². The van der Waals surface area contributed by atoms with Crippen LogP contribution in [-0.2, 0) is 26.2 Å². The van der Waals surface area contributed by atoms with Gasteiger partial charge < -0.3 is 15.0 Å². The van der Waals surface area contributed by atoms with Crippen molar-refractivity contribution >= 4 is 39.1 Å². The summed E-state index contributed by atoms with van der Waals surface area (Å²) in [7, 11) is -2.27. The van der Waals surface area contributed by atoms with E-state index in [1.807, 2.05) is 19.9 Å². The minimum absolute atomic E-state index is 0.113. The number of carbonyl (C=O) groups excluding carboxylic acids is 2. The second-order valence-electron chi connectivity index (χ2n) is 8.64. The third-order valence-corrected chi connectivity index (χ3v) is 7.37. The van der Waals surface area contributed by atoms with Crippen LogP contribution in [0, 0.1) is 6.92 Å². The minimum Gasteiger partial charge on any atom is -0.497 e. The molecule has 8 nitrogen and oxygen atoms in total. The lowest BCUT2D eigenvalue weighted by Crippen LogP contribution is -2.52. The molecule has 36 heavy (non-hydrogen) atoms. The maximum absolute atomic E-state index is 13.7. The first-order valence-corrected chi connectivity index (χ1v) is 14.2. The van der Waals surface area contributed by atoms with Gasteiger partial charge in [0.2, 0.25) is 21.8 Å². The fourth-order valence-corrected chi connectivity index (χ4v) is 4.76. The average Bonchev–Trinajstić information content (AvgIpc) is 2.83. The van der Waals surface area contributed by atoms with Crippen LogP contribution in [0.3, 0.4) is 0 Å². The molecule has 1 N–H and O–H groups in total. The fraction of sp³-hybridized carbons (Fsp3) is 0.462. The highest BCUT2D eigenvalue weighted by Gasteiger charge is 2.31. The van der Waals surface area contributed by atoms with E-state index in [0.717, 1.165) is 34.5 Å². The van der Waals surface area contributed by atoms with Crippen LogP contribution in [0.25, 0.3) is 0 Å². The summed E-state index contributed by atoms with van der Waals surface area (Å²) < 4.78 is 31.7. The summed E-state index contributed by atoms with van der Waals surface area (Å²) in [5.41, 5.74) is 1.82. The molecule has 0 bridgehead atoms. The number of hydrogen-bond donors (Lipinski definition) is 1. The molecule has 0 aromatic heterocycles. The lowest BCUT2D eigenvalue weighted by molar-refractivity contribution is -0.140. The van der Waals surface area contributed by atoms with Crippen LogP contribution in [0.15, 0.2) is 42.5 Å². The molecule has 0 heterocycles. The number of carbonyl (C=O) groups is 2. The SMILES string of the molecule is CCCCNC(=O)[C@H](CC)N(Cc1cccc(OC)c1)C(=O)CN(c1ccc(C)c(Cl)c1)S(C)(=O)=O. The summed E-state index contributed by atoms with van der Waals surface area (Å²) in [5, 5.41) is 3.29. The summed E-state index contributed by atoms with van der Waals surface area (Å²) in [4.78, 5) is 28.2. The molecule has 0 aliphatic rings. The van der Waals surface area contributed by atoms with E-state index in [2.05, 4.69) is 5.32 Å². The largest absolute Gasteiger partial charge is 0.497 e. The Morgan fingerprint density at radius 2 is 1.86 bits per heavy atom. The molecule has 198 valence electrons. The van der Waals surface area contributed by atoms with Gasteiger partial charge in [-0.25, -0.2) is 8.42 Å². The number of sulfonamides is 1. The lowest BCUT2D eigenvalue weighted by Gasteiger charge is -2.33. The van der Waals surface area contributed by atoms with Crippen LogP contribution in [0.2, 0.25) is 5.02 Å². The molecular weight excluding hydrogens is 502 g/mol. The van der Waals surface area contributed by atoms with E-state index < -0.39 is 28.5 Å². The van der Waals surface area contributed by atoms with E-state index in [1.54, 1.807) is 44.4 Å². The van der Waals surface area contributed by atoms with Crippen molar-refractivity contribution in [2.45, 2.75) is 52.6 Å². The zero-order chi connectivity index (χ0) is 26.9. The number of nitrogens with one attached hydrogen (secondary N) is 1. The molecule has 0 saturated carbocycles. The molecule has 2 aromatic carbocycles. The van der Waals surface area contributed by atoms with Gasteiger partial charge in [0.15, 0.2) is 0 Å². The lowest BCUT2D eigenvalue weighted by atomic mass is 10.1. The van der Waals surface area contributed by atoms with Gasteiger partial charge in [0.05, 0.1) is 19.1 Å². The van der Waals surface area contributed by atoms with E-state index in [0.29, 0.717) is 23.7 Å². The molecule has 0 fully saturated rings. The van der Waals surface area contributed by atoms with E-state index in [9.17, 15) is 18.0 Å². The Labute approximate surface area is 219 Å². The second-order valence-corrected chi connectivity index (χ2v) is 11.0. The van der Waals surface area contributed by atoms with Crippen molar-refractivity contribution in [1.82, 2.24) is 10.2 Å². The van der Waals surface area contributed by atoms with Gasteiger partial charge in [-0.1, -0.05) is 50.1 Å². The quantitative estimate of drug-likeness (QED) is 0.387. The van der Waals surface area contributed by atoms with E-state index >= 15 is 0 Å². The normalized spacial score (nSPS) is 12.1. The number of rotatable bonds is 13. The van der Waals surface area contributed by atoms with Gasteiger partial charge in [0.25, 0.3) is 0 Å². The molecule has 0 aliphatic carbocycles. The van der Waals surface area contributed by atoms with Crippen LogP contribution in [-0.4, -0.2) is 57.6 Å². The van der Waals surface area contributed by atoms with Gasteiger partial charge >= 0.3 is 0 Å². The number of halogens is 1. The summed E-state index contributed by atoms with van der Waals surface area (Å²) in [6.45, 7) is 5.80. The molecule has 0 saturated heterocycles. The maximum atomic E-state index is 13.7.